The number of rotatable bonds is 4. The van der Waals surface area contributed by atoms with Gasteiger partial charge < -0.3 is 0 Å². The SMILES string of the molecule is O=S(=O)(NCc1nn[nH]n1)c1ccccc1F. The maximum Gasteiger partial charge on any atom is 0.243 e. The third kappa shape index (κ3) is 2.63. The Hall–Kier alpha value is -1.87. The lowest BCUT2D eigenvalue weighted by molar-refractivity contribution is 0.555. The van der Waals surface area contributed by atoms with Crippen molar-refractivity contribution in [2.45, 2.75) is 11.4 Å². The van der Waals surface area contributed by atoms with E-state index in [-0.39, 0.29) is 12.4 Å². The number of benzene rings is 1. The predicted octanol–water partition coefficient (Wildman–Crippen LogP) is -0.183. The second kappa shape index (κ2) is 4.55. The van der Waals surface area contributed by atoms with Gasteiger partial charge in [-0.2, -0.15) is 5.21 Å². The molecule has 0 aliphatic heterocycles. The van der Waals surface area contributed by atoms with Gasteiger partial charge in [0.25, 0.3) is 0 Å². The smallest absolute Gasteiger partial charge is 0.207 e. The summed E-state index contributed by atoms with van der Waals surface area (Å²) in [6, 6.07) is 5.09. The number of H-pyrrole nitrogens is 1. The van der Waals surface area contributed by atoms with Gasteiger partial charge in [0.05, 0.1) is 6.54 Å². The number of sulfonamides is 1. The minimum absolute atomic E-state index is 0.160. The van der Waals surface area contributed by atoms with E-state index in [0.29, 0.717) is 0 Å². The molecule has 0 radical (unpaired) electrons. The minimum atomic E-state index is -3.91. The molecule has 9 heteroatoms. The molecule has 90 valence electrons. The van der Waals surface area contributed by atoms with Gasteiger partial charge in [0.2, 0.25) is 10.0 Å². The van der Waals surface area contributed by atoms with Crippen LogP contribution in [0.5, 0.6) is 0 Å². The summed E-state index contributed by atoms with van der Waals surface area (Å²) in [6.07, 6.45) is 0. The zero-order valence-electron chi connectivity index (χ0n) is 8.46. The second-order valence-corrected chi connectivity index (χ2v) is 4.82. The van der Waals surface area contributed by atoms with Gasteiger partial charge in [0.15, 0.2) is 5.82 Å². The quantitative estimate of drug-likeness (QED) is 0.791. The van der Waals surface area contributed by atoms with Crippen molar-refractivity contribution in [2.24, 2.45) is 0 Å². The molecule has 0 saturated heterocycles. The van der Waals surface area contributed by atoms with E-state index in [1.165, 1.54) is 18.2 Å². The van der Waals surface area contributed by atoms with E-state index in [1.54, 1.807) is 0 Å². The second-order valence-electron chi connectivity index (χ2n) is 3.08. The van der Waals surface area contributed by atoms with E-state index in [9.17, 15) is 12.8 Å². The van der Waals surface area contributed by atoms with E-state index in [0.717, 1.165) is 6.07 Å². The number of nitrogens with one attached hydrogen (secondary N) is 2. The zero-order valence-corrected chi connectivity index (χ0v) is 9.28. The molecule has 2 aromatic rings. The van der Waals surface area contributed by atoms with Crippen molar-refractivity contribution in [3.05, 3.63) is 35.9 Å². The monoisotopic (exact) mass is 257 g/mol. The summed E-state index contributed by atoms with van der Waals surface area (Å²) < 4.78 is 38.9. The van der Waals surface area contributed by atoms with Gasteiger partial charge in [-0.1, -0.05) is 17.3 Å². The first kappa shape index (κ1) is 11.6. The highest BCUT2D eigenvalue weighted by Gasteiger charge is 2.18. The molecule has 0 fully saturated rings. The first-order valence-corrected chi connectivity index (χ1v) is 6.04. The van der Waals surface area contributed by atoms with Crippen LogP contribution < -0.4 is 4.72 Å². The summed E-state index contributed by atoms with van der Waals surface area (Å²) >= 11 is 0. The topological polar surface area (TPSA) is 101 Å². The van der Waals surface area contributed by atoms with Crippen LogP contribution >= 0.6 is 0 Å². The normalized spacial score (nSPS) is 11.6. The largest absolute Gasteiger partial charge is 0.243 e. The Labute approximate surface area is 96.1 Å². The standard InChI is InChI=1S/C8H8FN5O2S/c9-6-3-1-2-4-7(6)17(15,16)10-5-8-11-13-14-12-8/h1-4,10H,5H2,(H,11,12,13,14). The Kier molecular flexibility index (Phi) is 3.11. The van der Waals surface area contributed by atoms with Crippen LogP contribution in [0.2, 0.25) is 0 Å². The van der Waals surface area contributed by atoms with Crippen molar-refractivity contribution in [1.29, 1.82) is 0 Å². The first-order chi connectivity index (χ1) is 8.09. The Morgan fingerprint density at radius 1 is 1.35 bits per heavy atom. The Morgan fingerprint density at radius 3 is 2.76 bits per heavy atom. The Morgan fingerprint density at radius 2 is 2.12 bits per heavy atom. The average molecular weight is 257 g/mol. The lowest BCUT2D eigenvalue weighted by Gasteiger charge is -2.05. The van der Waals surface area contributed by atoms with Crippen LogP contribution in [-0.4, -0.2) is 29.0 Å². The Bertz CT molecular complexity index is 598. The maximum absolute atomic E-state index is 13.3. The van der Waals surface area contributed by atoms with E-state index in [2.05, 4.69) is 25.3 Å². The van der Waals surface area contributed by atoms with Gasteiger partial charge in [-0.15, -0.1) is 10.2 Å². The molecule has 1 aromatic heterocycles. The molecule has 0 unspecified atom stereocenters. The number of tetrazole rings is 1. The van der Waals surface area contributed by atoms with Crippen LogP contribution in [0.25, 0.3) is 0 Å². The summed E-state index contributed by atoms with van der Waals surface area (Å²) in [5.41, 5.74) is 0. The lowest BCUT2D eigenvalue weighted by Crippen LogP contribution is -2.24. The fourth-order valence-electron chi connectivity index (χ4n) is 1.16. The molecule has 1 heterocycles. The van der Waals surface area contributed by atoms with E-state index in [4.69, 9.17) is 0 Å². The number of halogens is 1. The van der Waals surface area contributed by atoms with E-state index in [1.807, 2.05) is 0 Å². The fraction of sp³-hybridized carbons (Fsp3) is 0.125. The van der Waals surface area contributed by atoms with Crippen LogP contribution in [-0.2, 0) is 16.6 Å². The summed E-state index contributed by atoms with van der Waals surface area (Å²) in [5.74, 6) is -0.641. The van der Waals surface area contributed by atoms with Crippen LogP contribution in [0.15, 0.2) is 29.2 Å². The molecular formula is C8H8FN5O2S. The number of aromatic nitrogens is 4. The average Bonchev–Trinajstić information content (AvgIpc) is 2.80. The van der Waals surface area contributed by atoms with Crippen molar-refractivity contribution in [3.63, 3.8) is 0 Å². The molecule has 17 heavy (non-hydrogen) atoms. The summed E-state index contributed by atoms with van der Waals surface area (Å²) in [4.78, 5) is -0.413. The number of hydrogen-bond acceptors (Lipinski definition) is 5. The van der Waals surface area contributed by atoms with Crippen molar-refractivity contribution >= 4 is 10.0 Å². The first-order valence-electron chi connectivity index (χ1n) is 4.56. The van der Waals surface area contributed by atoms with Crippen molar-refractivity contribution < 1.29 is 12.8 Å². The molecule has 0 aliphatic rings. The number of nitrogens with zero attached hydrogens (tertiary/aromatic N) is 3. The van der Waals surface area contributed by atoms with E-state index < -0.39 is 20.7 Å². The molecule has 0 spiro atoms. The van der Waals surface area contributed by atoms with Gasteiger partial charge in [0, 0.05) is 0 Å². The zero-order chi connectivity index (χ0) is 12.3. The highest BCUT2D eigenvalue weighted by Crippen LogP contribution is 2.13. The minimum Gasteiger partial charge on any atom is -0.207 e. The number of hydrogen-bond donors (Lipinski definition) is 2. The van der Waals surface area contributed by atoms with Crippen molar-refractivity contribution in [3.8, 4) is 0 Å². The molecule has 0 aliphatic carbocycles. The van der Waals surface area contributed by atoms with Gasteiger partial charge in [-0.25, -0.2) is 17.5 Å². The van der Waals surface area contributed by atoms with Crippen molar-refractivity contribution in [1.82, 2.24) is 25.3 Å². The van der Waals surface area contributed by atoms with Gasteiger partial charge in [-0.05, 0) is 12.1 Å². The highest BCUT2D eigenvalue weighted by molar-refractivity contribution is 7.89. The third-order valence-electron chi connectivity index (χ3n) is 1.94. The molecule has 0 atom stereocenters. The fourth-order valence-corrected chi connectivity index (χ4v) is 2.21. The molecule has 0 bridgehead atoms. The highest BCUT2D eigenvalue weighted by atomic mass is 32.2. The predicted molar refractivity (Wildman–Crippen MR) is 54.6 cm³/mol. The van der Waals surface area contributed by atoms with Gasteiger partial charge in [-0.3, -0.25) is 0 Å². The number of aromatic amines is 1. The van der Waals surface area contributed by atoms with Crippen molar-refractivity contribution in [2.75, 3.05) is 0 Å². The van der Waals surface area contributed by atoms with Crippen LogP contribution in [0.1, 0.15) is 5.82 Å². The van der Waals surface area contributed by atoms with Crippen LogP contribution in [0, 0.1) is 5.82 Å². The molecular weight excluding hydrogens is 249 g/mol. The van der Waals surface area contributed by atoms with Gasteiger partial charge >= 0.3 is 0 Å². The summed E-state index contributed by atoms with van der Waals surface area (Å²) in [5, 5.41) is 12.6. The maximum atomic E-state index is 13.3. The summed E-state index contributed by atoms with van der Waals surface area (Å²) in [7, 11) is -3.91. The summed E-state index contributed by atoms with van der Waals surface area (Å²) in [6.45, 7) is -0.160. The van der Waals surface area contributed by atoms with Crippen LogP contribution in [0.4, 0.5) is 4.39 Å². The molecule has 2 N–H and O–H groups in total. The van der Waals surface area contributed by atoms with Gasteiger partial charge in [0.1, 0.15) is 10.7 Å². The molecule has 2 rings (SSSR count). The molecule has 1 aromatic carbocycles. The molecule has 0 amide bonds. The molecule has 0 saturated carbocycles. The van der Waals surface area contributed by atoms with Crippen LogP contribution in [0.3, 0.4) is 0 Å². The Balaban J connectivity index is 2.17. The lowest BCUT2D eigenvalue weighted by atomic mass is 10.4. The van der Waals surface area contributed by atoms with E-state index >= 15 is 0 Å². The third-order valence-corrected chi connectivity index (χ3v) is 3.37. The molecule has 7 nitrogen and oxygen atoms in total.